The predicted molar refractivity (Wildman–Crippen MR) is 84.6 cm³/mol. The smallest absolute Gasteiger partial charge is 0.0292 e. The highest BCUT2D eigenvalue weighted by Gasteiger charge is 2.13. The summed E-state index contributed by atoms with van der Waals surface area (Å²) in [6.07, 6.45) is 0. The van der Waals surface area contributed by atoms with E-state index >= 15 is 0 Å². The number of nitrogens with one attached hydrogen (secondary N) is 1. The molecule has 2 heteroatoms. The number of aryl methyl sites for hydroxylation is 1. The average molecular weight is 262 g/mol. The Morgan fingerprint density at radius 2 is 1.47 bits per heavy atom. The van der Waals surface area contributed by atoms with Crippen molar-refractivity contribution < 1.29 is 0 Å². The molecule has 1 N–H and O–H groups in total. The molecular formula is C17H30N2. The zero-order valence-corrected chi connectivity index (χ0v) is 13.4. The monoisotopic (exact) mass is 262 g/mol. The quantitative estimate of drug-likeness (QED) is 0.805. The molecule has 1 aromatic carbocycles. The average Bonchev–Trinajstić information content (AvgIpc) is 2.34. The number of hydrogen-bond acceptors (Lipinski definition) is 2. The molecule has 2 nitrogen and oxygen atoms in total. The normalized spacial score (nSPS) is 13.5. The summed E-state index contributed by atoms with van der Waals surface area (Å²) in [6.45, 7) is 15.6. The lowest BCUT2D eigenvalue weighted by Crippen LogP contribution is -2.41. The van der Waals surface area contributed by atoms with Gasteiger partial charge in [0.05, 0.1) is 0 Å². The van der Waals surface area contributed by atoms with Gasteiger partial charge in [0.2, 0.25) is 0 Å². The van der Waals surface area contributed by atoms with Crippen molar-refractivity contribution in [2.45, 2.75) is 59.7 Å². The highest BCUT2D eigenvalue weighted by Crippen LogP contribution is 2.13. The first-order valence-electron chi connectivity index (χ1n) is 7.47. The molecule has 0 radical (unpaired) electrons. The van der Waals surface area contributed by atoms with Crippen LogP contribution in [0, 0.1) is 6.92 Å². The maximum atomic E-state index is 3.62. The maximum absolute atomic E-state index is 3.62. The Morgan fingerprint density at radius 1 is 0.947 bits per heavy atom. The van der Waals surface area contributed by atoms with Crippen LogP contribution in [0.1, 0.15) is 51.8 Å². The topological polar surface area (TPSA) is 15.3 Å². The van der Waals surface area contributed by atoms with Crippen LogP contribution in [0.15, 0.2) is 24.3 Å². The van der Waals surface area contributed by atoms with Crippen LogP contribution in [-0.2, 0) is 0 Å². The van der Waals surface area contributed by atoms with Crippen molar-refractivity contribution >= 4 is 0 Å². The first-order chi connectivity index (χ1) is 8.91. The fourth-order valence-corrected chi connectivity index (χ4v) is 2.50. The molecule has 0 aliphatic heterocycles. The summed E-state index contributed by atoms with van der Waals surface area (Å²) in [5.41, 5.74) is 2.69. The van der Waals surface area contributed by atoms with Gasteiger partial charge in [-0.3, -0.25) is 4.90 Å². The predicted octanol–water partition coefficient (Wildman–Crippen LogP) is 3.76. The summed E-state index contributed by atoms with van der Waals surface area (Å²) in [4.78, 5) is 2.52. The molecule has 1 aromatic rings. The Hall–Kier alpha value is -0.860. The molecule has 108 valence electrons. The largest absolute Gasteiger partial charge is 0.309 e. The third-order valence-electron chi connectivity index (χ3n) is 3.72. The van der Waals surface area contributed by atoms with E-state index in [0.717, 1.165) is 13.1 Å². The van der Waals surface area contributed by atoms with E-state index in [9.17, 15) is 0 Å². The van der Waals surface area contributed by atoms with Crippen molar-refractivity contribution in [1.82, 2.24) is 10.2 Å². The standard InChI is InChI=1S/C17H30N2/c1-13(2)19(14(3)4)12-11-18-16(6)17-9-7-15(5)8-10-17/h7-10,13-14,16,18H,11-12H2,1-6H3. The molecule has 0 fully saturated rings. The molecule has 19 heavy (non-hydrogen) atoms. The molecule has 1 atom stereocenters. The molecule has 0 spiro atoms. The first kappa shape index (κ1) is 16.2. The number of benzene rings is 1. The molecule has 1 unspecified atom stereocenters. The SMILES string of the molecule is Cc1ccc(C(C)NCCN(C(C)C)C(C)C)cc1. The molecule has 0 aliphatic carbocycles. The Kier molecular flexibility index (Phi) is 6.53. The van der Waals surface area contributed by atoms with Gasteiger partial charge in [0.1, 0.15) is 0 Å². The summed E-state index contributed by atoms with van der Waals surface area (Å²) in [6, 6.07) is 10.4. The molecule has 0 saturated heterocycles. The van der Waals surface area contributed by atoms with E-state index in [0.29, 0.717) is 18.1 Å². The van der Waals surface area contributed by atoms with E-state index in [1.54, 1.807) is 0 Å². The Balaban J connectivity index is 2.42. The fourth-order valence-electron chi connectivity index (χ4n) is 2.50. The minimum Gasteiger partial charge on any atom is -0.309 e. The zero-order valence-electron chi connectivity index (χ0n) is 13.4. The third-order valence-corrected chi connectivity index (χ3v) is 3.72. The van der Waals surface area contributed by atoms with Crippen LogP contribution < -0.4 is 5.32 Å². The molecule has 0 heterocycles. The van der Waals surface area contributed by atoms with E-state index in [1.807, 2.05) is 0 Å². The van der Waals surface area contributed by atoms with Crippen molar-refractivity contribution in [3.63, 3.8) is 0 Å². The Bertz CT molecular complexity index is 346. The van der Waals surface area contributed by atoms with Gasteiger partial charge in [-0.15, -0.1) is 0 Å². The summed E-state index contributed by atoms with van der Waals surface area (Å²) >= 11 is 0. The van der Waals surface area contributed by atoms with Gasteiger partial charge in [-0.2, -0.15) is 0 Å². The minimum atomic E-state index is 0.418. The summed E-state index contributed by atoms with van der Waals surface area (Å²) < 4.78 is 0. The van der Waals surface area contributed by atoms with Gasteiger partial charge >= 0.3 is 0 Å². The molecule has 0 bridgehead atoms. The number of hydrogen-bond donors (Lipinski definition) is 1. The third kappa shape index (κ3) is 5.33. The summed E-state index contributed by atoms with van der Waals surface area (Å²) in [5, 5.41) is 3.62. The summed E-state index contributed by atoms with van der Waals surface area (Å²) in [5.74, 6) is 0. The van der Waals surface area contributed by atoms with Gasteiger partial charge in [0.15, 0.2) is 0 Å². The highest BCUT2D eigenvalue weighted by molar-refractivity contribution is 5.23. The molecule has 0 amide bonds. The van der Waals surface area contributed by atoms with Crippen LogP contribution in [0.2, 0.25) is 0 Å². The molecule has 0 saturated carbocycles. The lowest BCUT2D eigenvalue weighted by atomic mass is 10.1. The zero-order chi connectivity index (χ0) is 14.4. The molecule has 0 aromatic heterocycles. The minimum absolute atomic E-state index is 0.418. The first-order valence-corrected chi connectivity index (χ1v) is 7.47. The van der Waals surface area contributed by atoms with Gasteiger partial charge in [0, 0.05) is 31.2 Å². The molecule has 1 rings (SSSR count). The van der Waals surface area contributed by atoms with Crippen molar-refractivity contribution in [1.29, 1.82) is 0 Å². The van der Waals surface area contributed by atoms with Gasteiger partial charge in [-0.25, -0.2) is 0 Å². The van der Waals surface area contributed by atoms with Crippen molar-refractivity contribution in [2.24, 2.45) is 0 Å². The number of nitrogens with zero attached hydrogens (tertiary/aromatic N) is 1. The van der Waals surface area contributed by atoms with Crippen molar-refractivity contribution in [2.75, 3.05) is 13.1 Å². The van der Waals surface area contributed by atoms with Crippen LogP contribution in [0.25, 0.3) is 0 Å². The van der Waals surface area contributed by atoms with Gasteiger partial charge in [-0.1, -0.05) is 29.8 Å². The van der Waals surface area contributed by atoms with Gasteiger partial charge in [-0.05, 0) is 47.1 Å². The molecular weight excluding hydrogens is 232 g/mol. The van der Waals surface area contributed by atoms with E-state index in [2.05, 4.69) is 76.0 Å². The maximum Gasteiger partial charge on any atom is 0.0292 e. The van der Waals surface area contributed by atoms with E-state index in [-0.39, 0.29) is 0 Å². The summed E-state index contributed by atoms with van der Waals surface area (Å²) in [7, 11) is 0. The molecule has 0 aliphatic rings. The second-order valence-corrected chi connectivity index (χ2v) is 6.01. The highest BCUT2D eigenvalue weighted by atomic mass is 15.2. The van der Waals surface area contributed by atoms with Crippen LogP contribution in [0.4, 0.5) is 0 Å². The second-order valence-electron chi connectivity index (χ2n) is 6.01. The Labute approximate surface area is 119 Å². The Morgan fingerprint density at radius 3 is 1.95 bits per heavy atom. The fraction of sp³-hybridized carbons (Fsp3) is 0.647. The van der Waals surface area contributed by atoms with E-state index in [4.69, 9.17) is 0 Å². The van der Waals surface area contributed by atoms with Crippen molar-refractivity contribution in [3.05, 3.63) is 35.4 Å². The van der Waals surface area contributed by atoms with E-state index in [1.165, 1.54) is 11.1 Å². The van der Waals surface area contributed by atoms with Gasteiger partial charge < -0.3 is 5.32 Å². The van der Waals surface area contributed by atoms with Crippen LogP contribution in [0.5, 0.6) is 0 Å². The second kappa shape index (κ2) is 7.66. The van der Waals surface area contributed by atoms with E-state index < -0.39 is 0 Å². The lowest BCUT2D eigenvalue weighted by Gasteiger charge is -2.31. The van der Waals surface area contributed by atoms with Crippen LogP contribution >= 0.6 is 0 Å². The number of rotatable bonds is 7. The van der Waals surface area contributed by atoms with Crippen molar-refractivity contribution in [3.8, 4) is 0 Å². The van der Waals surface area contributed by atoms with Gasteiger partial charge in [0.25, 0.3) is 0 Å². The lowest BCUT2D eigenvalue weighted by molar-refractivity contribution is 0.174. The van der Waals surface area contributed by atoms with Crippen LogP contribution in [0.3, 0.4) is 0 Å². The van der Waals surface area contributed by atoms with Crippen LogP contribution in [-0.4, -0.2) is 30.1 Å².